The Morgan fingerprint density at radius 3 is 2.75 bits per heavy atom. The summed E-state index contributed by atoms with van der Waals surface area (Å²) in [5, 5.41) is 10.3. The molecule has 0 fully saturated rings. The molecule has 106 valence electrons. The van der Waals surface area contributed by atoms with Crippen molar-refractivity contribution in [2.24, 2.45) is 0 Å². The van der Waals surface area contributed by atoms with E-state index in [4.69, 9.17) is 16.3 Å². The molecule has 0 aliphatic heterocycles. The summed E-state index contributed by atoms with van der Waals surface area (Å²) in [5.41, 5.74) is 1.99. The topological polar surface area (TPSA) is 29.5 Å². The number of methoxy groups -OCH3 is 1. The number of thioether (sulfide) groups is 1. The lowest BCUT2D eigenvalue weighted by Crippen LogP contribution is -1.92. The van der Waals surface area contributed by atoms with Crippen LogP contribution in [-0.2, 0) is 5.75 Å². The lowest BCUT2D eigenvalue weighted by atomic mass is 10.1. The molecule has 20 heavy (non-hydrogen) atoms. The van der Waals surface area contributed by atoms with Gasteiger partial charge in [0.05, 0.1) is 13.2 Å². The van der Waals surface area contributed by atoms with Gasteiger partial charge in [0.15, 0.2) is 0 Å². The van der Waals surface area contributed by atoms with Gasteiger partial charge in [0.2, 0.25) is 0 Å². The van der Waals surface area contributed by atoms with Gasteiger partial charge in [-0.3, -0.25) is 0 Å². The van der Waals surface area contributed by atoms with Gasteiger partial charge in [-0.2, -0.15) is 0 Å². The van der Waals surface area contributed by atoms with E-state index in [2.05, 4.69) is 0 Å². The minimum absolute atomic E-state index is 0.448. The van der Waals surface area contributed by atoms with Crippen molar-refractivity contribution >= 4 is 23.4 Å². The first kappa shape index (κ1) is 15.2. The van der Waals surface area contributed by atoms with Gasteiger partial charge in [-0.05, 0) is 42.8 Å². The molecule has 1 N–H and O–H groups in total. The highest BCUT2D eigenvalue weighted by molar-refractivity contribution is 7.98. The molecule has 0 spiro atoms. The zero-order chi connectivity index (χ0) is 14.5. The van der Waals surface area contributed by atoms with Crippen molar-refractivity contribution in [1.82, 2.24) is 0 Å². The second kappa shape index (κ2) is 7.02. The van der Waals surface area contributed by atoms with Gasteiger partial charge in [0.25, 0.3) is 0 Å². The fraction of sp³-hybridized carbons (Fsp3) is 0.250. The molecular formula is C16H17ClO2S. The zero-order valence-electron chi connectivity index (χ0n) is 11.5. The first-order valence-electron chi connectivity index (χ1n) is 6.33. The van der Waals surface area contributed by atoms with Crippen LogP contribution < -0.4 is 4.74 Å². The number of ether oxygens (including phenoxy) is 1. The Kier molecular flexibility index (Phi) is 5.35. The molecule has 0 heterocycles. The number of rotatable bonds is 5. The van der Waals surface area contributed by atoms with Crippen LogP contribution in [0.4, 0.5) is 0 Å². The van der Waals surface area contributed by atoms with E-state index < -0.39 is 6.10 Å². The molecule has 0 saturated heterocycles. The summed E-state index contributed by atoms with van der Waals surface area (Å²) in [6.07, 6.45) is -0.448. The Hall–Kier alpha value is -1.16. The highest BCUT2D eigenvalue weighted by Gasteiger charge is 2.06. The summed E-state index contributed by atoms with van der Waals surface area (Å²) in [6, 6.07) is 13.5. The molecular weight excluding hydrogens is 292 g/mol. The van der Waals surface area contributed by atoms with E-state index in [9.17, 15) is 5.11 Å². The summed E-state index contributed by atoms with van der Waals surface area (Å²) < 4.78 is 5.34. The first-order chi connectivity index (χ1) is 9.60. The van der Waals surface area contributed by atoms with Gasteiger partial charge in [-0.1, -0.05) is 23.7 Å². The van der Waals surface area contributed by atoms with Gasteiger partial charge >= 0.3 is 0 Å². The maximum absolute atomic E-state index is 9.61. The third-order valence-electron chi connectivity index (χ3n) is 2.98. The van der Waals surface area contributed by atoms with E-state index in [-0.39, 0.29) is 0 Å². The molecule has 0 aliphatic rings. The van der Waals surface area contributed by atoms with Crippen molar-refractivity contribution in [2.45, 2.75) is 23.7 Å². The summed E-state index contributed by atoms with van der Waals surface area (Å²) in [5.74, 6) is 1.61. The molecule has 0 saturated carbocycles. The summed E-state index contributed by atoms with van der Waals surface area (Å²) in [6.45, 7) is 1.77. The molecule has 0 radical (unpaired) electrons. The molecule has 0 bridgehead atoms. The summed E-state index contributed by atoms with van der Waals surface area (Å²) in [4.78, 5) is 1.12. The monoisotopic (exact) mass is 308 g/mol. The van der Waals surface area contributed by atoms with Gasteiger partial charge in [0, 0.05) is 21.2 Å². The minimum atomic E-state index is -0.448. The number of aliphatic hydroxyl groups excluding tert-OH is 1. The SMILES string of the molecule is COc1ccc(Cl)cc1CSc1cccc(C(C)O)c1. The summed E-state index contributed by atoms with van der Waals surface area (Å²) in [7, 11) is 1.66. The number of hydrogen-bond acceptors (Lipinski definition) is 3. The Labute approximate surface area is 128 Å². The zero-order valence-corrected chi connectivity index (χ0v) is 13.0. The highest BCUT2D eigenvalue weighted by atomic mass is 35.5. The van der Waals surface area contributed by atoms with Crippen LogP contribution in [-0.4, -0.2) is 12.2 Å². The molecule has 2 aromatic rings. The predicted molar refractivity (Wildman–Crippen MR) is 84.6 cm³/mol. The third kappa shape index (κ3) is 3.92. The van der Waals surface area contributed by atoms with E-state index in [1.165, 1.54) is 0 Å². The second-order valence-electron chi connectivity index (χ2n) is 4.49. The smallest absolute Gasteiger partial charge is 0.123 e. The number of benzene rings is 2. The quantitative estimate of drug-likeness (QED) is 0.812. The minimum Gasteiger partial charge on any atom is -0.496 e. The molecule has 0 aliphatic carbocycles. The largest absolute Gasteiger partial charge is 0.496 e. The van der Waals surface area contributed by atoms with E-state index in [0.717, 1.165) is 27.5 Å². The molecule has 1 unspecified atom stereocenters. The van der Waals surface area contributed by atoms with E-state index >= 15 is 0 Å². The Balaban J connectivity index is 2.12. The summed E-state index contributed by atoms with van der Waals surface area (Å²) >= 11 is 7.72. The van der Waals surface area contributed by atoms with Crippen LogP contribution in [0.15, 0.2) is 47.4 Å². The highest BCUT2D eigenvalue weighted by Crippen LogP contribution is 2.31. The predicted octanol–water partition coefficient (Wildman–Crippen LogP) is 4.69. The Morgan fingerprint density at radius 2 is 2.05 bits per heavy atom. The van der Waals surface area contributed by atoms with Crippen molar-refractivity contribution in [2.75, 3.05) is 7.11 Å². The fourth-order valence-corrected chi connectivity index (χ4v) is 3.02. The standard InChI is InChI=1S/C16H17ClO2S/c1-11(18)12-4-3-5-15(9-12)20-10-13-8-14(17)6-7-16(13)19-2/h3-9,11,18H,10H2,1-2H3. The van der Waals surface area contributed by atoms with Crippen molar-refractivity contribution in [3.8, 4) is 5.75 Å². The molecule has 2 aromatic carbocycles. The van der Waals surface area contributed by atoms with Crippen molar-refractivity contribution in [3.05, 3.63) is 58.6 Å². The van der Waals surface area contributed by atoms with Crippen LogP contribution in [0, 0.1) is 0 Å². The van der Waals surface area contributed by atoms with Crippen LogP contribution in [0.5, 0.6) is 5.75 Å². The Bertz CT molecular complexity index is 584. The maximum atomic E-state index is 9.61. The number of aliphatic hydroxyl groups is 1. The average molecular weight is 309 g/mol. The van der Waals surface area contributed by atoms with Crippen LogP contribution in [0.2, 0.25) is 5.02 Å². The third-order valence-corrected chi connectivity index (χ3v) is 4.25. The van der Waals surface area contributed by atoms with Crippen molar-refractivity contribution in [1.29, 1.82) is 0 Å². The first-order valence-corrected chi connectivity index (χ1v) is 7.69. The van der Waals surface area contributed by atoms with E-state index in [1.807, 2.05) is 42.5 Å². The molecule has 0 amide bonds. The Morgan fingerprint density at radius 1 is 1.25 bits per heavy atom. The van der Waals surface area contributed by atoms with E-state index in [0.29, 0.717) is 5.02 Å². The molecule has 4 heteroatoms. The second-order valence-corrected chi connectivity index (χ2v) is 5.98. The van der Waals surface area contributed by atoms with Crippen molar-refractivity contribution in [3.63, 3.8) is 0 Å². The normalized spacial score (nSPS) is 12.2. The lowest BCUT2D eigenvalue weighted by Gasteiger charge is -2.10. The maximum Gasteiger partial charge on any atom is 0.123 e. The van der Waals surface area contributed by atoms with Gasteiger partial charge in [0.1, 0.15) is 5.75 Å². The van der Waals surface area contributed by atoms with Crippen LogP contribution >= 0.6 is 23.4 Å². The van der Waals surface area contributed by atoms with Crippen molar-refractivity contribution < 1.29 is 9.84 Å². The van der Waals surface area contributed by atoms with Gasteiger partial charge in [-0.25, -0.2) is 0 Å². The van der Waals surface area contributed by atoms with Gasteiger partial charge < -0.3 is 9.84 Å². The average Bonchev–Trinajstić information content (AvgIpc) is 2.45. The molecule has 2 rings (SSSR count). The fourth-order valence-electron chi connectivity index (χ4n) is 1.89. The molecule has 1 atom stereocenters. The van der Waals surface area contributed by atoms with Crippen LogP contribution in [0.25, 0.3) is 0 Å². The molecule has 2 nitrogen and oxygen atoms in total. The lowest BCUT2D eigenvalue weighted by molar-refractivity contribution is 0.199. The number of halogens is 1. The molecule has 0 aromatic heterocycles. The number of hydrogen-bond donors (Lipinski definition) is 1. The van der Waals surface area contributed by atoms with Crippen LogP contribution in [0.3, 0.4) is 0 Å². The van der Waals surface area contributed by atoms with Crippen LogP contribution in [0.1, 0.15) is 24.2 Å². The van der Waals surface area contributed by atoms with Gasteiger partial charge in [-0.15, -0.1) is 11.8 Å². The van der Waals surface area contributed by atoms with E-state index in [1.54, 1.807) is 25.8 Å².